The highest BCUT2D eigenvalue weighted by molar-refractivity contribution is 7.12. The van der Waals surface area contributed by atoms with E-state index >= 15 is 0 Å². The van der Waals surface area contributed by atoms with Gasteiger partial charge in [-0.05, 0) is 36.9 Å². The molecule has 0 aliphatic carbocycles. The standard InChI is InChI=1S/C17H27NO2S/c1-5-8-17(15(19)20)9-10-18(12-17)11-13-6-7-14(21-13)16(2,3)4/h6-7H,5,8-12H2,1-4H3,(H,19,20). The Labute approximate surface area is 132 Å². The van der Waals surface area contributed by atoms with Gasteiger partial charge in [0.25, 0.3) is 0 Å². The van der Waals surface area contributed by atoms with E-state index in [4.69, 9.17) is 0 Å². The fraction of sp³-hybridized carbons (Fsp3) is 0.706. The van der Waals surface area contributed by atoms with E-state index in [0.717, 1.165) is 32.4 Å². The van der Waals surface area contributed by atoms with Crippen molar-refractivity contribution < 1.29 is 9.90 Å². The molecule has 0 bridgehead atoms. The number of likely N-dealkylation sites (tertiary alicyclic amines) is 1. The molecule has 1 aromatic heterocycles. The summed E-state index contributed by atoms with van der Waals surface area (Å²) in [4.78, 5) is 16.7. The average molecular weight is 309 g/mol. The molecule has 1 atom stereocenters. The monoisotopic (exact) mass is 309 g/mol. The minimum absolute atomic E-state index is 0.195. The Morgan fingerprint density at radius 3 is 2.67 bits per heavy atom. The van der Waals surface area contributed by atoms with Crippen molar-refractivity contribution >= 4 is 17.3 Å². The number of hydrogen-bond acceptors (Lipinski definition) is 3. The summed E-state index contributed by atoms with van der Waals surface area (Å²) in [6.45, 7) is 11.2. The van der Waals surface area contributed by atoms with Crippen LogP contribution < -0.4 is 0 Å². The minimum atomic E-state index is -0.617. The number of hydrogen-bond donors (Lipinski definition) is 1. The van der Waals surface area contributed by atoms with Crippen LogP contribution >= 0.6 is 11.3 Å². The van der Waals surface area contributed by atoms with Crippen LogP contribution in [0.3, 0.4) is 0 Å². The van der Waals surface area contributed by atoms with Gasteiger partial charge in [0.2, 0.25) is 0 Å². The zero-order valence-electron chi connectivity index (χ0n) is 13.6. The highest BCUT2D eigenvalue weighted by Crippen LogP contribution is 2.37. The molecular formula is C17H27NO2S. The van der Waals surface area contributed by atoms with Gasteiger partial charge in [-0.2, -0.15) is 0 Å². The predicted octanol–water partition coefficient (Wildman–Crippen LogP) is 4.12. The van der Waals surface area contributed by atoms with Crippen molar-refractivity contribution in [2.75, 3.05) is 13.1 Å². The number of rotatable bonds is 5. The Bertz CT molecular complexity index is 503. The van der Waals surface area contributed by atoms with Crippen LogP contribution in [-0.4, -0.2) is 29.1 Å². The smallest absolute Gasteiger partial charge is 0.310 e. The highest BCUT2D eigenvalue weighted by Gasteiger charge is 2.43. The van der Waals surface area contributed by atoms with Crippen molar-refractivity contribution in [3.05, 3.63) is 21.9 Å². The first-order chi connectivity index (χ1) is 9.77. The van der Waals surface area contributed by atoms with E-state index in [0.29, 0.717) is 6.54 Å². The first kappa shape index (κ1) is 16.5. The molecular weight excluding hydrogens is 282 g/mol. The fourth-order valence-electron chi connectivity index (χ4n) is 3.14. The molecule has 1 aromatic rings. The van der Waals surface area contributed by atoms with Crippen molar-refractivity contribution in [2.45, 2.75) is 58.9 Å². The second-order valence-electron chi connectivity index (χ2n) is 7.31. The van der Waals surface area contributed by atoms with Gasteiger partial charge in [0, 0.05) is 22.8 Å². The van der Waals surface area contributed by atoms with Crippen molar-refractivity contribution in [3.63, 3.8) is 0 Å². The van der Waals surface area contributed by atoms with Crippen LogP contribution in [0, 0.1) is 5.41 Å². The lowest BCUT2D eigenvalue weighted by Gasteiger charge is -2.24. The van der Waals surface area contributed by atoms with Gasteiger partial charge < -0.3 is 5.11 Å². The van der Waals surface area contributed by atoms with Crippen molar-refractivity contribution in [1.82, 2.24) is 4.90 Å². The Balaban J connectivity index is 2.02. The van der Waals surface area contributed by atoms with Crippen LogP contribution in [0.2, 0.25) is 0 Å². The van der Waals surface area contributed by atoms with E-state index in [2.05, 4.69) is 44.7 Å². The lowest BCUT2D eigenvalue weighted by atomic mass is 9.83. The van der Waals surface area contributed by atoms with Gasteiger partial charge in [0.15, 0.2) is 0 Å². The van der Waals surface area contributed by atoms with Gasteiger partial charge in [-0.3, -0.25) is 9.69 Å². The third-order valence-electron chi connectivity index (χ3n) is 4.40. The van der Waals surface area contributed by atoms with E-state index in [1.165, 1.54) is 9.75 Å². The van der Waals surface area contributed by atoms with Crippen LogP contribution in [0.4, 0.5) is 0 Å². The minimum Gasteiger partial charge on any atom is -0.481 e. The number of carbonyl (C=O) groups is 1. The largest absolute Gasteiger partial charge is 0.481 e. The summed E-state index contributed by atoms with van der Waals surface area (Å²) >= 11 is 1.86. The van der Waals surface area contributed by atoms with Crippen LogP contribution in [0.1, 0.15) is 56.7 Å². The maximum atomic E-state index is 11.6. The Morgan fingerprint density at radius 2 is 2.14 bits per heavy atom. The molecule has 1 fully saturated rings. The molecule has 21 heavy (non-hydrogen) atoms. The lowest BCUT2D eigenvalue weighted by Crippen LogP contribution is -2.34. The molecule has 0 saturated carbocycles. The summed E-state index contributed by atoms with van der Waals surface area (Å²) in [5, 5.41) is 9.57. The van der Waals surface area contributed by atoms with Crippen LogP contribution in [-0.2, 0) is 16.8 Å². The number of nitrogens with zero attached hydrogens (tertiary/aromatic N) is 1. The SMILES string of the molecule is CCCC1(C(=O)O)CCN(Cc2ccc(C(C)(C)C)s2)C1. The zero-order chi connectivity index (χ0) is 15.7. The summed E-state index contributed by atoms with van der Waals surface area (Å²) in [6.07, 6.45) is 2.51. The van der Waals surface area contributed by atoms with Gasteiger partial charge in [-0.1, -0.05) is 34.1 Å². The number of aliphatic carboxylic acids is 1. The normalized spacial score (nSPS) is 23.6. The van der Waals surface area contributed by atoms with Crippen molar-refractivity contribution in [1.29, 1.82) is 0 Å². The van der Waals surface area contributed by atoms with Crippen LogP contribution in [0.5, 0.6) is 0 Å². The summed E-state index contributed by atoms with van der Waals surface area (Å²) in [6, 6.07) is 4.42. The second kappa shape index (κ2) is 6.09. The van der Waals surface area contributed by atoms with Crippen molar-refractivity contribution in [3.8, 4) is 0 Å². The number of carboxylic acid groups (broad SMARTS) is 1. The van der Waals surface area contributed by atoms with Gasteiger partial charge in [0.05, 0.1) is 5.41 Å². The molecule has 1 saturated heterocycles. The molecule has 0 spiro atoms. The Morgan fingerprint density at radius 1 is 1.43 bits per heavy atom. The molecule has 0 radical (unpaired) electrons. The number of carboxylic acids is 1. The molecule has 0 amide bonds. The lowest BCUT2D eigenvalue weighted by molar-refractivity contribution is -0.148. The van der Waals surface area contributed by atoms with E-state index in [-0.39, 0.29) is 5.41 Å². The summed E-state index contributed by atoms with van der Waals surface area (Å²) in [5.41, 5.74) is -0.320. The molecule has 3 nitrogen and oxygen atoms in total. The molecule has 0 aromatic carbocycles. The van der Waals surface area contributed by atoms with E-state index in [9.17, 15) is 9.90 Å². The molecule has 1 N–H and O–H groups in total. The van der Waals surface area contributed by atoms with Gasteiger partial charge in [-0.15, -0.1) is 11.3 Å². The quantitative estimate of drug-likeness (QED) is 0.889. The molecule has 1 aliphatic heterocycles. The second-order valence-corrected chi connectivity index (χ2v) is 8.48. The Hall–Kier alpha value is -0.870. The van der Waals surface area contributed by atoms with Crippen LogP contribution in [0.25, 0.3) is 0 Å². The third kappa shape index (κ3) is 3.67. The molecule has 1 aliphatic rings. The topological polar surface area (TPSA) is 40.5 Å². The molecule has 4 heteroatoms. The first-order valence-corrected chi connectivity index (χ1v) is 8.63. The molecule has 2 rings (SSSR count). The van der Waals surface area contributed by atoms with Gasteiger partial charge >= 0.3 is 5.97 Å². The zero-order valence-corrected chi connectivity index (χ0v) is 14.4. The average Bonchev–Trinajstić information content (AvgIpc) is 2.98. The predicted molar refractivity (Wildman–Crippen MR) is 87.9 cm³/mol. The summed E-state index contributed by atoms with van der Waals surface area (Å²) in [5.74, 6) is -0.617. The van der Waals surface area contributed by atoms with E-state index in [1.54, 1.807) is 0 Å². The maximum absolute atomic E-state index is 11.6. The van der Waals surface area contributed by atoms with E-state index in [1.807, 2.05) is 11.3 Å². The highest BCUT2D eigenvalue weighted by atomic mass is 32.1. The van der Waals surface area contributed by atoms with E-state index < -0.39 is 11.4 Å². The Kier molecular flexibility index (Phi) is 4.79. The maximum Gasteiger partial charge on any atom is 0.310 e. The van der Waals surface area contributed by atoms with Gasteiger partial charge in [-0.25, -0.2) is 0 Å². The fourth-order valence-corrected chi connectivity index (χ4v) is 4.25. The molecule has 118 valence electrons. The molecule has 2 heterocycles. The van der Waals surface area contributed by atoms with Crippen LogP contribution in [0.15, 0.2) is 12.1 Å². The number of thiophene rings is 1. The van der Waals surface area contributed by atoms with Crippen molar-refractivity contribution in [2.24, 2.45) is 5.41 Å². The third-order valence-corrected chi connectivity index (χ3v) is 5.89. The van der Waals surface area contributed by atoms with Gasteiger partial charge in [0.1, 0.15) is 0 Å². The summed E-state index contributed by atoms with van der Waals surface area (Å²) in [7, 11) is 0. The summed E-state index contributed by atoms with van der Waals surface area (Å²) < 4.78 is 0. The first-order valence-electron chi connectivity index (χ1n) is 7.82. The molecule has 1 unspecified atom stereocenters.